The molecule has 1 aliphatic carbocycles. The Hall–Kier alpha value is -0.150. The van der Waals surface area contributed by atoms with Gasteiger partial charge in [-0.25, -0.2) is 4.39 Å². The Bertz CT molecular complexity index is 197. The van der Waals surface area contributed by atoms with Gasteiger partial charge in [-0.15, -0.1) is 0 Å². The maximum absolute atomic E-state index is 13.2. The number of piperidine rings is 1. The molecule has 0 spiro atoms. The molecule has 1 saturated heterocycles. The quantitative estimate of drug-likeness (QED) is 0.612. The predicted octanol–water partition coefficient (Wildman–Crippen LogP) is 0.703. The van der Waals surface area contributed by atoms with Gasteiger partial charge in [0.2, 0.25) is 0 Å². The molecule has 0 aromatic rings. The zero-order valence-corrected chi connectivity index (χ0v) is 7.55. The summed E-state index contributed by atoms with van der Waals surface area (Å²) in [6, 6.07) is 0.226. The van der Waals surface area contributed by atoms with Crippen LogP contribution in [-0.2, 0) is 0 Å². The van der Waals surface area contributed by atoms with E-state index in [2.05, 4.69) is 5.32 Å². The second-order valence-electron chi connectivity index (χ2n) is 4.32. The number of nitrogens with one attached hydrogen (secondary N) is 1. The Labute approximate surface area is 72.2 Å². The lowest BCUT2D eigenvalue weighted by molar-refractivity contribution is -0.0152. The number of halogens is 1. The van der Waals surface area contributed by atoms with Crippen molar-refractivity contribution in [3.63, 3.8) is 0 Å². The topological polar surface area (TPSA) is 32.3 Å². The first kappa shape index (κ1) is 8.45. The van der Waals surface area contributed by atoms with E-state index in [1.807, 2.05) is 6.92 Å². The lowest BCUT2D eigenvalue weighted by Crippen LogP contribution is -2.49. The van der Waals surface area contributed by atoms with Crippen molar-refractivity contribution in [2.45, 2.75) is 38.6 Å². The van der Waals surface area contributed by atoms with Crippen LogP contribution in [0.5, 0.6) is 0 Å². The second kappa shape index (κ2) is 2.42. The van der Waals surface area contributed by atoms with Gasteiger partial charge < -0.3 is 10.4 Å². The van der Waals surface area contributed by atoms with E-state index >= 15 is 0 Å². The van der Waals surface area contributed by atoms with E-state index in [0.717, 1.165) is 13.0 Å². The van der Waals surface area contributed by atoms with Gasteiger partial charge in [-0.05, 0) is 19.3 Å². The van der Waals surface area contributed by atoms with Crippen LogP contribution in [0.3, 0.4) is 0 Å². The fraction of sp³-hybridized carbons (Fsp3) is 1.00. The summed E-state index contributed by atoms with van der Waals surface area (Å²) in [6.45, 7) is 4.35. The van der Waals surface area contributed by atoms with Crippen molar-refractivity contribution >= 4 is 0 Å². The van der Waals surface area contributed by atoms with Gasteiger partial charge in [0, 0.05) is 18.0 Å². The van der Waals surface area contributed by atoms with Gasteiger partial charge in [0.1, 0.15) is 6.17 Å². The second-order valence-corrected chi connectivity index (χ2v) is 4.32. The molecule has 1 saturated carbocycles. The van der Waals surface area contributed by atoms with Gasteiger partial charge in [-0.3, -0.25) is 0 Å². The van der Waals surface area contributed by atoms with E-state index in [-0.39, 0.29) is 12.0 Å². The minimum absolute atomic E-state index is 0.182. The zero-order chi connectivity index (χ0) is 8.93. The van der Waals surface area contributed by atoms with Crippen LogP contribution in [0.1, 0.15) is 20.3 Å². The molecule has 70 valence electrons. The molecule has 1 heterocycles. The smallest absolute Gasteiger partial charge is 0.107 e. The van der Waals surface area contributed by atoms with E-state index < -0.39 is 17.7 Å². The molecule has 0 amide bonds. The number of aliphatic hydroxyl groups is 1. The van der Waals surface area contributed by atoms with Crippen LogP contribution in [0, 0.1) is 11.3 Å². The Morgan fingerprint density at radius 3 is 2.83 bits per heavy atom. The number of alkyl halides is 1. The van der Waals surface area contributed by atoms with Crippen molar-refractivity contribution in [1.29, 1.82) is 0 Å². The number of hydrogen-bond acceptors (Lipinski definition) is 2. The first-order chi connectivity index (χ1) is 5.59. The molecule has 0 aromatic carbocycles. The van der Waals surface area contributed by atoms with Crippen LogP contribution in [0.4, 0.5) is 4.39 Å². The minimum atomic E-state index is -0.896. The third-order valence-corrected chi connectivity index (χ3v) is 3.56. The summed E-state index contributed by atoms with van der Waals surface area (Å²) in [7, 11) is 0. The molecule has 0 radical (unpaired) electrons. The highest BCUT2D eigenvalue weighted by atomic mass is 19.1. The molecule has 2 fully saturated rings. The van der Waals surface area contributed by atoms with Crippen molar-refractivity contribution in [2.24, 2.45) is 11.3 Å². The zero-order valence-electron chi connectivity index (χ0n) is 7.55. The molecular formula is C9H16FNO. The standard InChI is InChI=1S/C9H16FNO/c1-5-4-11-7-3-9(7,6(2)10)8(5)12/h5-8,11-12H,3-4H2,1-2H3/t5?,6-,7?,8+,9?/m1/s1. The van der Waals surface area contributed by atoms with Crippen molar-refractivity contribution in [3.8, 4) is 0 Å². The summed E-state index contributed by atoms with van der Waals surface area (Å²) >= 11 is 0. The number of aliphatic hydroxyl groups excluding tert-OH is 1. The van der Waals surface area contributed by atoms with E-state index in [4.69, 9.17) is 0 Å². The Morgan fingerprint density at radius 1 is 1.67 bits per heavy atom. The fourth-order valence-corrected chi connectivity index (χ4v) is 2.53. The highest BCUT2D eigenvalue weighted by Crippen LogP contribution is 2.56. The van der Waals surface area contributed by atoms with Crippen LogP contribution < -0.4 is 5.32 Å². The molecule has 2 aliphatic rings. The average Bonchev–Trinajstić information content (AvgIpc) is 2.73. The van der Waals surface area contributed by atoms with Crippen LogP contribution >= 0.6 is 0 Å². The summed E-state index contributed by atoms with van der Waals surface area (Å²) < 4.78 is 13.2. The van der Waals surface area contributed by atoms with Crippen LogP contribution in [0.15, 0.2) is 0 Å². The molecule has 0 aromatic heterocycles. The molecule has 0 bridgehead atoms. The third-order valence-electron chi connectivity index (χ3n) is 3.56. The molecule has 2 rings (SSSR count). The van der Waals surface area contributed by atoms with E-state index in [1.54, 1.807) is 6.92 Å². The summed E-state index contributed by atoms with van der Waals surface area (Å²) in [4.78, 5) is 0. The largest absolute Gasteiger partial charge is 0.392 e. The monoisotopic (exact) mass is 173 g/mol. The SMILES string of the molecule is CC1CNC2CC2([C@@H](C)F)[C@H]1O. The molecule has 3 heteroatoms. The highest BCUT2D eigenvalue weighted by Gasteiger charge is 2.65. The lowest BCUT2D eigenvalue weighted by Gasteiger charge is -2.34. The molecule has 1 aliphatic heterocycles. The maximum atomic E-state index is 13.2. The van der Waals surface area contributed by atoms with Crippen molar-refractivity contribution in [2.75, 3.05) is 6.54 Å². The lowest BCUT2D eigenvalue weighted by atomic mass is 9.83. The molecule has 5 atom stereocenters. The number of rotatable bonds is 1. The number of hydrogen-bond donors (Lipinski definition) is 2. The maximum Gasteiger partial charge on any atom is 0.107 e. The summed E-state index contributed by atoms with van der Waals surface area (Å²) in [5.74, 6) is 0.182. The van der Waals surface area contributed by atoms with Gasteiger partial charge in [0.05, 0.1) is 6.10 Å². The van der Waals surface area contributed by atoms with Crippen molar-refractivity contribution in [1.82, 2.24) is 5.32 Å². The van der Waals surface area contributed by atoms with Gasteiger partial charge in [-0.2, -0.15) is 0 Å². The Morgan fingerprint density at radius 2 is 2.33 bits per heavy atom. The van der Waals surface area contributed by atoms with Gasteiger partial charge in [0.15, 0.2) is 0 Å². The Balaban J connectivity index is 2.17. The highest BCUT2D eigenvalue weighted by molar-refractivity contribution is 5.18. The molecule has 2 N–H and O–H groups in total. The minimum Gasteiger partial charge on any atom is -0.392 e. The number of fused-ring (bicyclic) bond motifs is 1. The van der Waals surface area contributed by atoms with Crippen LogP contribution in [0.2, 0.25) is 0 Å². The molecule has 3 unspecified atom stereocenters. The van der Waals surface area contributed by atoms with E-state index in [0.29, 0.717) is 0 Å². The first-order valence-corrected chi connectivity index (χ1v) is 4.64. The van der Waals surface area contributed by atoms with Crippen molar-refractivity contribution < 1.29 is 9.50 Å². The molecule has 12 heavy (non-hydrogen) atoms. The first-order valence-electron chi connectivity index (χ1n) is 4.64. The van der Waals surface area contributed by atoms with Crippen molar-refractivity contribution in [3.05, 3.63) is 0 Å². The normalized spacial score (nSPS) is 54.5. The van der Waals surface area contributed by atoms with Gasteiger partial charge in [0.25, 0.3) is 0 Å². The van der Waals surface area contributed by atoms with Gasteiger partial charge in [-0.1, -0.05) is 6.92 Å². The third kappa shape index (κ3) is 0.866. The van der Waals surface area contributed by atoms with Gasteiger partial charge >= 0.3 is 0 Å². The molecular weight excluding hydrogens is 157 g/mol. The van der Waals surface area contributed by atoms with E-state index in [9.17, 15) is 9.50 Å². The van der Waals surface area contributed by atoms with Crippen LogP contribution in [0.25, 0.3) is 0 Å². The predicted molar refractivity (Wildman–Crippen MR) is 44.6 cm³/mol. The van der Waals surface area contributed by atoms with E-state index in [1.165, 1.54) is 0 Å². The fourth-order valence-electron chi connectivity index (χ4n) is 2.53. The summed E-state index contributed by atoms with van der Waals surface area (Å²) in [6.07, 6.45) is -0.549. The van der Waals surface area contributed by atoms with Crippen LogP contribution in [-0.4, -0.2) is 30.0 Å². The average molecular weight is 173 g/mol. The Kier molecular flexibility index (Phi) is 1.70. The molecule has 2 nitrogen and oxygen atoms in total. The summed E-state index contributed by atoms with van der Waals surface area (Å²) in [5, 5.41) is 13.1. The summed E-state index contributed by atoms with van der Waals surface area (Å²) in [5.41, 5.74) is -0.447.